The van der Waals surface area contributed by atoms with Gasteiger partial charge in [0.2, 0.25) is 5.89 Å². The Labute approximate surface area is 127 Å². The van der Waals surface area contributed by atoms with Crippen LogP contribution in [0.5, 0.6) is 5.75 Å². The lowest BCUT2D eigenvalue weighted by Gasteiger charge is -2.02. The molecule has 0 atom stereocenters. The Bertz CT molecular complexity index is 759. The SMILES string of the molecule is CCOc1ccc(-c2nc(Cn3cnc(C=O)c3)co2)cc1. The summed E-state index contributed by atoms with van der Waals surface area (Å²) in [6, 6.07) is 7.58. The molecule has 6 heteroatoms. The molecule has 2 heterocycles. The summed E-state index contributed by atoms with van der Waals surface area (Å²) in [4.78, 5) is 19.0. The van der Waals surface area contributed by atoms with Crippen LogP contribution in [0.4, 0.5) is 0 Å². The summed E-state index contributed by atoms with van der Waals surface area (Å²) in [5, 5.41) is 0. The summed E-state index contributed by atoms with van der Waals surface area (Å²) in [6.45, 7) is 3.08. The third kappa shape index (κ3) is 3.06. The number of carbonyl (C=O) groups excluding carboxylic acids is 1. The summed E-state index contributed by atoms with van der Waals surface area (Å²) >= 11 is 0. The zero-order valence-electron chi connectivity index (χ0n) is 12.1. The topological polar surface area (TPSA) is 70.2 Å². The van der Waals surface area contributed by atoms with Gasteiger partial charge < -0.3 is 13.7 Å². The molecule has 22 heavy (non-hydrogen) atoms. The van der Waals surface area contributed by atoms with Crippen LogP contribution in [0.2, 0.25) is 0 Å². The van der Waals surface area contributed by atoms with E-state index in [0.29, 0.717) is 31.0 Å². The molecule has 0 aliphatic carbocycles. The molecule has 3 rings (SSSR count). The molecule has 0 aliphatic rings. The number of ether oxygens (including phenoxy) is 1. The number of nitrogens with zero attached hydrogens (tertiary/aromatic N) is 3. The van der Waals surface area contributed by atoms with E-state index in [1.807, 2.05) is 31.2 Å². The third-order valence-corrected chi connectivity index (χ3v) is 3.08. The highest BCUT2D eigenvalue weighted by Crippen LogP contribution is 2.22. The van der Waals surface area contributed by atoms with E-state index < -0.39 is 0 Å². The van der Waals surface area contributed by atoms with Gasteiger partial charge in [0, 0.05) is 11.8 Å². The van der Waals surface area contributed by atoms with Gasteiger partial charge in [-0.15, -0.1) is 0 Å². The van der Waals surface area contributed by atoms with Gasteiger partial charge in [0.1, 0.15) is 17.7 Å². The van der Waals surface area contributed by atoms with Crippen molar-refractivity contribution in [2.75, 3.05) is 6.61 Å². The Morgan fingerprint density at radius 1 is 1.32 bits per heavy atom. The van der Waals surface area contributed by atoms with E-state index in [1.165, 1.54) is 0 Å². The van der Waals surface area contributed by atoms with Gasteiger partial charge in [0.05, 0.1) is 25.2 Å². The predicted octanol–water partition coefficient (Wildman–Crippen LogP) is 2.80. The van der Waals surface area contributed by atoms with Gasteiger partial charge in [-0.3, -0.25) is 4.79 Å². The molecule has 0 N–H and O–H groups in total. The third-order valence-electron chi connectivity index (χ3n) is 3.08. The van der Waals surface area contributed by atoms with Crippen molar-refractivity contribution in [1.82, 2.24) is 14.5 Å². The highest BCUT2D eigenvalue weighted by molar-refractivity contribution is 5.70. The molecule has 112 valence electrons. The maximum atomic E-state index is 10.6. The van der Waals surface area contributed by atoms with Gasteiger partial charge in [-0.1, -0.05) is 0 Å². The largest absolute Gasteiger partial charge is 0.494 e. The van der Waals surface area contributed by atoms with Gasteiger partial charge in [-0.25, -0.2) is 9.97 Å². The van der Waals surface area contributed by atoms with Crippen molar-refractivity contribution in [2.24, 2.45) is 0 Å². The van der Waals surface area contributed by atoms with Crippen LogP contribution in [0.25, 0.3) is 11.5 Å². The first-order valence-corrected chi connectivity index (χ1v) is 6.93. The number of carbonyl (C=O) groups is 1. The number of imidazole rings is 1. The van der Waals surface area contributed by atoms with Gasteiger partial charge in [-0.05, 0) is 31.2 Å². The number of benzene rings is 1. The molecule has 0 spiro atoms. The molecule has 2 aromatic heterocycles. The highest BCUT2D eigenvalue weighted by atomic mass is 16.5. The van der Waals surface area contributed by atoms with Crippen molar-refractivity contribution in [1.29, 1.82) is 0 Å². The van der Waals surface area contributed by atoms with Gasteiger partial charge in [0.25, 0.3) is 0 Å². The summed E-state index contributed by atoms with van der Waals surface area (Å²) < 4.78 is 12.7. The van der Waals surface area contributed by atoms with E-state index in [2.05, 4.69) is 9.97 Å². The van der Waals surface area contributed by atoms with Crippen LogP contribution in [0.1, 0.15) is 23.1 Å². The molecule has 3 aromatic rings. The average molecular weight is 297 g/mol. The minimum atomic E-state index is 0.398. The Balaban J connectivity index is 1.73. The van der Waals surface area contributed by atoms with Crippen LogP contribution in [0.3, 0.4) is 0 Å². The van der Waals surface area contributed by atoms with Crippen molar-refractivity contribution in [3.63, 3.8) is 0 Å². The number of rotatable bonds is 6. The lowest BCUT2D eigenvalue weighted by molar-refractivity contribution is 0.111. The summed E-state index contributed by atoms with van der Waals surface area (Å²) in [6.07, 6.45) is 5.57. The van der Waals surface area contributed by atoms with Crippen molar-refractivity contribution in [3.8, 4) is 17.2 Å². The first-order chi connectivity index (χ1) is 10.8. The fourth-order valence-electron chi connectivity index (χ4n) is 2.08. The zero-order chi connectivity index (χ0) is 15.4. The second-order valence-corrected chi connectivity index (χ2v) is 4.69. The molecule has 0 aliphatic heterocycles. The Morgan fingerprint density at radius 3 is 2.82 bits per heavy atom. The van der Waals surface area contributed by atoms with E-state index in [-0.39, 0.29) is 0 Å². The Kier molecular flexibility index (Phi) is 4.00. The number of aldehydes is 1. The molecule has 0 saturated carbocycles. The molecular weight excluding hydrogens is 282 g/mol. The number of oxazole rings is 1. The van der Waals surface area contributed by atoms with E-state index in [0.717, 1.165) is 17.0 Å². The van der Waals surface area contributed by atoms with Crippen LogP contribution < -0.4 is 4.74 Å². The molecule has 0 amide bonds. The molecule has 0 bridgehead atoms. The van der Waals surface area contributed by atoms with E-state index in [1.54, 1.807) is 23.4 Å². The molecule has 1 aromatic carbocycles. The molecule has 0 radical (unpaired) electrons. The number of aromatic nitrogens is 3. The van der Waals surface area contributed by atoms with E-state index in [9.17, 15) is 4.79 Å². The monoisotopic (exact) mass is 297 g/mol. The zero-order valence-corrected chi connectivity index (χ0v) is 12.1. The fourth-order valence-corrected chi connectivity index (χ4v) is 2.08. The molecule has 0 unspecified atom stereocenters. The van der Waals surface area contributed by atoms with Crippen LogP contribution in [-0.4, -0.2) is 27.4 Å². The van der Waals surface area contributed by atoms with E-state index >= 15 is 0 Å². The van der Waals surface area contributed by atoms with Gasteiger partial charge in [-0.2, -0.15) is 0 Å². The fraction of sp³-hybridized carbons (Fsp3) is 0.188. The minimum absolute atomic E-state index is 0.398. The summed E-state index contributed by atoms with van der Waals surface area (Å²) in [7, 11) is 0. The summed E-state index contributed by atoms with van der Waals surface area (Å²) in [5.41, 5.74) is 2.04. The Morgan fingerprint density at radius 2 is 2.14 bits per heavy atom. The maximum absolute atomic E-state index is 10.6. The average Bonchev–Trinajstić information content (AvgIpc) is 3.18. The number of hydrogen-bond donors (Lipinski definition) is 0. The van der Waals surface area contributed by atoms with Crippen molar-refractivity contribution in [3.05, 3.63) is 54.4 Å². The first kappa shape index (κ1) is 14.1. The summed E-state index contributed by atoms with van der Waals surface area (Å²) in [5.74, 6) is 1.37. The highest BCUT2D eigenvalue weighted by Gasteiger charge is 2.08. The van der Waals surface area contributed by atoms with Crippen LogP contribution in [0, 0.1) is 0 Å². The number of hydrogen-bond acceptors (Lipinski definition) is 5. The second-order valence-electron chi connectivity index (χ2n) is 4.69. The quantitative estimate of drug-likeness (QED) is 0.654. The van der Waals surface area contributed by atoms with Crippen LogP contribution in [0.15, 0.2) is 47.5 Å². The molecule has 6 nitrogen and oxygen atoms in total. The first-order valence-electron chi connectivity index (χ1n) is 6.93. The normalized spacial score (nSPS) is 10.6. The van der Waals surface area contributed by atoms with Crippen LogP contribution >= 0.6 is 0 Å². The second kappa shape index (κ2) is 6.26. The van der Waals surface area contributed by atoms with E-state index in [4.69, 9.17) is 9.15 Å². The van der Waals surface area contributed by atoms with Gasteiger partial charge >= 0.3 is 0 Å². The molecule has 0 saturated heterocycles. The lowest BCUT2D eigenvalue weighted by Crippen LogP contribution is -1.96. The minimum Gasteiger partial charge on any atom is -0.494 e. The standard InChI is InChI=1S/C16H15N3O3/c1-2-21-15-5-3-12(4-6-15)16-18-14(10-22-16)8-19-7-13(9-20)17-11-19/h3-7,9-11H,2,8H2,1H3. The predicted molar refractivity (Wildman–Crippen MR) is 79.8 cm³/mol. The maximum Gasteiger partial charge on any atom is 0.226 e. The molecular formula is C16H15N3O3. The molecule has 0 fully saturated rings. The van der Waals surface area contributed by atoms with Crippen LogP contribution in [-0.2, 0) is 6.54 Å². The smallest absolute Gasteiger partial charge is 0.226 e. The van der Waals surface area contributed by atoms with Crippen molar-refractivity contribution < 1.29 is 13.9 Å². The Hall–Kier alpha value is -2.89. The lowest BCUT2D eigenvalue weighted by atomic mass is 10.2. The van der Waals surface area contributed by atoms with Crippen molar-refractivity contribution in [2.45, 2.75) is 13.5 Å². The van der Waals surface area contributed by atoms with Gasteiger partial charge in [0.15, 0.2) is 6.29 Å². The van der Waals surface area contributed by atoms with Crippen molar-refractivity contribution >= 4 is 6.29 Å².